The summed E-state index contributed by atoms with van der Waals surface area (Å²) in [4.78, 5) is 19.8. The zero-order chi connectivity index (χ0) is 16.9. The molecule has 0 saturated carbocycles. The molecule has 0 radical (unpaired) electrons. The molecule has 24 heavy (non-hydrogen) atoms. The molecule has 1 atom stereocenters. The number of nitrogens with zero attached hydrogens (tertiary/aromatic N) is 3. The molecule has 6 nitrogen and oxygen atoms in total. The number of piperidine rings is 1. The average Bonchev–Trinajstić information content (AvgIpc) is 2.63. The van der Waals surface area contributed by atoms with Crippen molar-refractivity contribution in [2.45, 2.75) is 50.7 Å². The summed E-state index contributed by atoms with van der Waals surface area (Å²) >= 11 is 0. The molecule has 6 heteroatoms. The van der Waals surface area contributed by atoms with Crippen LogP contribution < -0.4 is 5.32 Å². The normalized spacial score (nSPS) is 27.3. The van der Waals surface area contributed by atoms with Crippen LogP contribution in [0.2, 0.25) is 0 Å². The number of likely N-dealkylation sites (tertiary alicyclic amines) is 1. The number of hydrogen-bond donors (Lipinski definition) is 1. The van der Waals surface area contributed by atoms with Crippen LogP contribution in [0.25, 0.3) is 0 Å². The van der Waals surface area contributed by atoms with E-state index in [0.29, 0.717) is 6.04 Å². The molecule has 3 saturated heterocycles. The van der Waals surface area contributed by atoms with Crippen LogP contribution in [0.3, 0.4) is 0 Å². The predicted octanol–water partition coefficient (Wildman–Crippen LogP) is 0.382. The van der Waals surface area contributed by atoms with Gasteiger partial charge in [-0.15, -0.1) is 0 Å². The van der Waals surface area contributed by atoms with Crippen LogP contribution in [0.4, 0.5) is 0 Å². The summed E-state index contributed by atoms with van der Waals surface area (Å²) in [5.41, 5.74) is 0. The summed E-state index contributed by atoms with van der Waals surface area (Å²) in [7, 11) is 2.21. The van der Waals surface area contributed by atoms with Crippen LogP contribution >= 0.6 is 0 Å². The van der Waals surface area contributed by atoms with Gasteiger partial charge in [-0.3, -0.25) is 9.69 Å². The van der Waals surface area contributed by atoms with E-state index in [2.05, 4.69) is 27.1 Å². The average molecular weight is 338 g/mol. The van der Waals surface area contributed by atoms with Gasteiger partial charge in [0.2, 0.25) is 5.91 Å². The number of piperazine rings is 1. The van der Waals surface area contributed by atoms with E-state index >= 15 is 0 Å². The van der Waals surface area contributed by atoms with Gasteiger partial charge in [0.05, 0.1) is 6.04 Å². The number of carbonyl (C=O) groups excluding carboxylic acids is 1. The second-order valence-electron chi connectivity index (χ2n) is 7.67. The van der Waals surface area contributed by atoms with Crippen LogP contribution in [0, 0.1) is 0 Å². The minimum absolute atomic E-state index is 0.0806. The van der Waals surface area contributed by atoms with Crippen LogP contribution in [0.15, 0.2) is 0 Å². The van der Waals surface area contributed by atoms with E-state index in [9.17, 15) is 4.79 Å². The van der Waals surface area contributed by atoms with Crippen molar-refractivity contribution < 1.29 is 9.53 Å². The lowest BCUT2D eigenvalue weighted by molar-refractivity contribution is -0.135. The molecule has 0 spiro atoms. The third kappa shape index (κ3) is 4.69. The van der Waals surface area contributed by atoms with Gasteiger partial charge in [-0.2, -0.15) is 0 Å². The molecule has 0 bridgehead atoms. The summed E-state index contributed by atoms with van der Waals surface area (Å²) in [5, 5.41) is 3.50. The van der Waals surface area contributed by atoms with Crippen molar-refractivity contribution in [2.75, 3.05) is 59.5 Å². The Labute approximate surface area is 146 Å². The topological polar surface area (TPSA) is 48.1 Å². The first-order chi connectivity index (χ1) is 11.6. The number of ether oxygens (including phenoxy) is 1. The predicted molar refractivity (Wildman–Crippen MR) is 95.1 cm³/mol. The summed E-state index contributed by atoms with van der Waals surface area (Å²) in [5.74, 6) is 0.268. The lowest BCUT2D eigenvalue weighted by Gasteiger charge is -2.42. The second-order valence-corrected chi connectivity index (χ2v) is 7.67. The third-order valence-electron chi connectivity index (χ3n) is 5.91. The summed E-state index contributed by atoms with van der Waals surface area (Å²) < 4.78 is 5.39. The van der Waals surface area contributed by atoms with Crippen molar-refractivity contribution in [1.29, 1.82) is 0 Å². The number of nitrogens with one attached hydrogen (secondary N) is 1. The van der Waals surface area contributed by atoms with Gasteiger partial charge < -0.3 is 19.9 Å². The van der Waals surface area contributed by atoms with Crippen molar-refractivity contribution in [3.63, 3.8) is 0 Å². The minimum atomic E-state index is -0.0806. The molecule has 0 aliphatic carbocycles. The van der Waals surface area contributed by atoms with Gasteiger partial charge in [-0.05, 0) is 52.7 Å². The van der Waals surface area contributed by atoms with Crippen LogP contribution in [0.1, 0.15) is 32.6 Å². The number of amides is 1. The third-order valence-corrected chi connectivity index (χ3v) is 5.91. The lowest BCUT2D eigenvalue weighted by atomic mass is 10.0. The first-order valence-electron chi connectivity index (χ1n) is 9.68. The Morgan fingerprint density at radius 2 is 1.62 bits per heavy atom. The Kier molecular flexibility index (Phi) is 6.49. The van der Waals surface area contributed by atoms with E-state index in [0.717, 1.165) is 58.3 Å². The van der Waals surface area contributed by atoms with E-state index in [4.69, 9.17) is 4.74 Å². The van der Waals surface area contributed by atoms with Gasteiger partial charge in [0, 0.05) is 51.5 Å². The fourth-order valence-corrected chi connectivity index (χ4v) is 4.23. The van der Waals surface area contributed by atoms with Crippen molar-refractivity contribution >= 4 is 5.91 Å². The van der Waals surface area contributed by atoms with Gasteiger partial charge in [-0.25, -0.2) is 0 Å². The van der Waals surface area contributed by atoms with Crippen molar-refractivity contribution in [3.05, 3.63) is 0 Å². The molecule has 1 N–H and O–H groups in total. The number of carbonyl (C=O) groups is 1. The Balaban J connectivity index is 1.41. The highest BCUT2D eigenvalue weighted by molar-refractivity contribution is 5.81. The molecule has 138 valence electrons. The van der Waals surface area contributed by atoms with Crippen LogP contribution in [-0.4, -0.2) is 98.3 Å². The molecule has 0 aromatic heterocycles. The highest BCUT2D eigenvalue weighted by Gasteiger charge is 2.30. The van der Waals surface area contributed by atoms with Gasteiger partial charge >= 0.3 is 0 Å². The smallest absolute Gasteiger partial charge is 0.239 e. The Morgan fingerprint density at radius 1 is 1.00 bits per heavy atom. The molecule has 3 rings (SSSR count). The van der Waals surface area contributed by atoms with Gasteiger partial charge in [0.1, 0.15) is 0 Å². The molecule has 1 amide bonds. The Morgan fingerprint density at radius 3 is 2.25 bits per heavy atom. The van der Waals surface area contributed by atoms with E-state index < -0.39 is 0 Å². The molecule has 3 aliphatic rings. The first-order valence-corrected chi connectivity index (χ1v) is 9.68. The molecule has 3 aliphatic heterocycles. The molecule has 0 aromatic carbocycles. The van der Waals surface area contributed by atoms with Crippen LogP contribution in [-0.2, 0) is 9.53 Å². The SMILES string of the molecule is CC(NC1CCOCC1)C(=O)N1CCN(C2CCN(C)CC2)CC1. The molecular formula is C18H34N4O2. The first kappa shape index (κ1) is 18.1. The standard InChI is InChI=1S/C18H34N4O2/c1-15(19-16-5-13-24-14-6-16)18(23)22-11-9-21(10-12-22)17-3-7-20(2)8-4-17/h15-17,19H,3-14H2,1-2H3. The van der Waals surface area contributed by atoms with E-state index in [1.165, 1.54) is 25.9 Å². The Hall–Kier alpha value is -0.690. The van der Waals surface area contributed by atoms with E-state index in [-0.39, 0.29) is 11.9 Å². The monoisotopic (exact) mass is 338 g/mol. The summed E-state index contributed by atoms with van der Waals surface area (Å²) in [6.45, 7) is 9.87. The molecule has 0 aromatic rings. The van der Waals surface area contributed by atoms with Crippen molar-refractivity contribution in [1.82, 2.24) is 20.0 Å². The maximum absolute atomic E-state index is 12.7. The van der Waals surface area contributed by atoms with Gasteiger partial charge in [0.25, 0.3) is 0 Å². The lowest BCUT2D eigenvalue weighted by Crippen LogP contribution is -2.57. The largest absolute Gasteiger partial charge is 0.381 e. The zero-order valence-corrected chi connectivity index (χ0v) is 15.4. The molecule has 1 unspecified atom stereocenters. The minimum Gasteiger partial charge on any atom is -0.381 e. The zero-order valence-electron chi connectivity index (χ0n) is 15.4. The summed E-state index contributed by atoms with van der Waals surface area (Å²) in [6, 6.07) is 1.07. The Bertz CT molecular complexity index is 398. The van der Waals surface area contributed by atoms with Gasteiger partial charge in [-0.1, -0.05) is 0 Å². The fraction of sp³-hybridized carbons (Fsp3) is 0.944. The van der Waals surface area contributed by atoms with Crippen molar-refractivity contribution in [3.8, 4) is 0 Å². The molecular weight excluding hydrogens is 304 g/mol. The highest BCUT2D eigenvalue weighted by atomic mass is 16.5. The maximum atomic E-state index is 12.7. The molecule has 3 heterocycles. The number of hydrogen-bond acceptors (Lipinski definition) is 5. The second kappa shape index (κ2) is 8.61. The summed E-state index contributed by atoms with van der Waals surface area (Å²) in [6.07, 6.45) is 4.57. The van der Waals surface area contributed by atoms with Gasteiger partial charge in [0.15, 0.2) is 0 Å². The highest BCUT2D eigenvalue weighted by Crippen LogP contribution is 2.18. The van der Waals surface area contributed by atoms with Crippen molar-refractivity contribution in [2.24, 2.45) is 0 Å². The van der Waals surface area contributed by atoms with Crippen LogP contribution in [0.5, 0.6) is 0 Å². The molecule has 3 fully saturated rings. The quantitative estimate of drug-likeness (QED) is 0.803. The number of rotatable bonds is 4. The van der Waals surface area contributed by atoms with E-state index in [1.807, 2.05) is 6.92 Å². The maximum Gasteiger partial charge on any atom is 0.239 e. The fourth-order valence-electron chi connectivity index (χ4n) is 4.23. The van der Waals surface area contributed by atoms with E-state index in [1.54, 1.807) is 0 Å².